The molecule has 0 saturated heterocycles. The first-order valence-electron chi connectivity index (χ1n) is 5.40. The lowest BCUT2D eigenvalue weighted by atomic mass is 9.97. The van der Waals surface area contributed by atoms with E-state index in [4.69, 9.17) is 17.3 Å². The van der Waals surface area contributed by atoms with Crippen molar-refractivity contribution >= 4 is 11.6 Å². The molecular formula is C12H15ClFNO. The molecule has 1 aromatic rings. The van der Waals surface area contributed by atoms with E-state index in [1.165, 1.54) is 6.07 Å². The molecule has 16 heavy (non-hydrogen) atoms. The van der Waals surface area contributed by atoms with Gasteiger partial charge in [-0.3, -0.25) is 0 Å². The third kappa shape index (κ3) is 2.08. The summed E-state index contributed by atoms with van der Waals surface area (Å²) in [5.41, 5.74) is 6.89. The maximum absolute atomic E-state index is 13.6. The molecule has 1 aliphatic rings. The number of nitrogens with two attached hydrogens (primary N) is 1. The minimum Gasteiger partial charge on any atom is -0.391 e. The van der Waals surface area contributed by atoms with E-state index in [1.54, 1.807) is 13.0 Å². The summed E-state index contributed by atoms with van der Waals surface area (Å²) in [4.78, 5) is 0. The summed E-state index contributed by atoms with van der Waals surface area (Å²) in [5, 5.41) is 10.2. The summed E-state index contributed by atoms with van der Waals surface area (Å²) in [6.07, 6.45) is 1.22. The molecule has 0 aliphatic heterocycles. The first-order chi connectivity index (χ1) is 7.52. The average molecular weight is 244 g/mol. The molecule has 0 aromatic heterocycles. The van der Waals surface area contributed by atoms with Gasteiger partial charge in [-0.15, -0.1) is 0 Å². The number of hydrogen-bond acceptors (Lipinski definition) is 2. The Morgan fingerprint density at radius 2 is 2.12 bits per heavy atom. The van der Waals surface area contributed by atoms with Crippen molar-refractivity contribution in [3.63, 3.8) is 0 Å². The smallest absolute Gasteiger partial charge is 0.129 e. The van der Waals surface area contributed by atoms with Crippen molar-refractivity contribution in [1.82, 2.24) is 0 Å². The lowest BCUT2D eigenvalue weighted by Crippen LogP contribution is -2.29. The van der Waals surface area contributed by atoms with E-state index in [0.29, 0.717) is 5.02 Å². The van der Waals surface area contributed by atoms with Gasteiger partial charge in [0, 0.05) is 5.56 Å². The maximum Gasteiger partial charge on any atom is 0.129 e. The number of hydrogen-bond donors (Lipinski definition) is 2. The van der Waals surface area contributed by atoms with Crippen LogP contribution in [0.15, 0.2) is 12.1 Å². The van der Waals surface area contributed by atoms with Crippen molar-refractivity contribution in [1.29, 1.82) is 0 Å². The minimum atomic E-state index is -0.736. The zero-order chi connectivity index (χ0) is 11.9. The maximum atomic E-state index is 13.6. The molecule has 0 heterocycles. The molecular weight excluding hydrogens is 229 g/mol. The van der Waals surface area contributed by atoms with Gasteiger partial charge in [-0.25, -0.2) is 4.39 Å². The quantitative estimate of drug-likeness (QED) is 0.857. The van der Waals surface area contributed by atoms with Crippen molar-refractivity contribution in [2.24, 2.45) is 11.7 Å². The zero-order valence-corrected chi connectivity index (χ0v) is 9.84. The second-order valence-corrected chi connectivity index (χ2v) is 4.82. The summed E-state index contributed by atoms with van der Waals surface area (Å²) in [7, 11) is 0. The van der Waals surface area contributed by atoms with Gasteiger partial charge in [-0.2, -0.15) is 0 Å². The highest BCUT2D eigenvalue weighted by Gasteiger charge is 2.36. The molecule has 1 fully saturated rings. The highest BCUT2D eigenvalue weighted by Crippen LogP contribution is 2.39. The van der Waals surface area contributed by atoms with Crippen molar-refractivity contribution < 1.29 is 9.50 Å². The van der Waals surface area contributed by atoms with Gasteiger partial charge in [0.2, 0.25) is 0 Å². The largest absolute Gasteiger partial charge is 0.391 e. The van der Waals surface area contributed by atoms with Gasteiger partial charge in [0.15, 0.2) is 0 Å². The molecule has 3 N–H and O–H groups in total. The van der Waals surface area contributed by atoms with Gasteiger partial charge in [0.05, 0.1) is 17.2 Å². The molecule has 0 radical (unpaired) electrons. The Hall–Kier alpha value is -0.640. The summed E-state index contributed by atoms with van der Waals surface area (Å²) in [6.45, 7) is 1.79. The van der Waals surface area contributed by atoms with Crippen LogP contribution < -0.4 is 5.73 Å². The second-order valence-electron chi connectivity index (χ2n) is 4.45. The zero-order valence-electron chi connectivity index (χ0n) is 9.08. The number of halogens is 2. The van der Waals surface area contributed by atoms with Gasteiger partial charge in [0.1, 0.15) is 5.82 Å². The van der Waals surface area contributed by atoms with Gasteiger partial charge in [-0.05, 0) is 37.3 Å². The highest BCUT2D eigenvalue weighted by molar-refractivity contribution is 6.32. The lowest BCUT2D eigenvalue weighted by Gasteiger charge is -2.21. The Morgan fingerprint density at radius 1 is 1.50 bits per heavy atom. The van der Waals surface area contributed by atoms with E-state index < -0.39 is 18.0 Å². The third-order valence-corrected chi connectivity index (χ3v) is 3.63. The topological polar surface area (TPSA) is 46.2 Å². The Bertz CT molecular complexity index is 406. The average Bonchev–Trinajstić information content (AvgIpc) is 3.06. The normalized spacial score (nSPS) is 19.6. The first-order valence-corrected chi connectivity index (χ1v) is 5.78. The van der Waals surface area contributed by atoms with Crippen LogP contribution in [0.4, 0.5) is 4.39 Å². The Labute approximate surface area is 99.2 Å². The number of rotatable bonds is 3. The molecule has 1 saturated carbocycles. The van der Waals surface area contributed by atoms with Crippen molar-refractivity contribution in [2.75, 3.05) is 0 Å². The van der Waals surface area contributed by atoms with Gasteiger partial charge in [0.25, 0.3) is 0 Å². The summed E-state index contributed by atoms with van der Waals surface area (Å²) < 4.78 is 13.6. The third-order valence-electron chi connectivity index (χ3n) is 3.13. The van der Waals surface area contributed by atoms with Crippen molar-refractivity contribution in [3.05, 3.63) is 34.1 Å². The minimum absolute atomic E-state index is 0.200. The van der Waals surface area contributed by atoms with E-state index in [2.05, 4.69) is 0 Å². The van der Waals surface area contributed by atoms with Crippen LogP contribution in [0.2, 0.25) is 5.02 Å². The fraction of sp³-hybridized carbons (Fsp3) is 0.500. The van der Waals surface area contributed by atoms with E-state index in [-0.39, 0.29) is 11.5 Å². The second kappa shape index (κ2) is 4.32. The van der Waals surface area contributed by atoms with E-state index in [0.717, 1.165) is 18.4 Å². The van der Waals surface area contributed by atoms with Crippen LogP contribution in [-0.2, 0) is 0 Å². The molecule has 0 amide bonds. The van der Waals surface area contributed by atoms with Crippen LogP contribution in [0.3, 0.4) is 0 Å². The van der Waals surface area contributed by atoms with E-state index >= 15 is 0 Å². The summed E-state index contributed by atoms with van der Waals surface area (Å²) in [6, 6.07) is 2.22. The fourth-order valence-corrected chi connectivity index (χ4v) is 2.16. The molecule has 2 rings (SSSR count). The number of benzene rings is 1. The highest BCUT2D eigenvalue weighted by atomic mass is 35.5. The molecule has 88 valence electrons. The van der Waals surface area contributed by atoms with Crippen LogP contribution in [0.1, 0.15) is 30.0 Å². The summed E-state index contributed by atoms with van der Waals surface area (Å²) >= 11 is 6.03. The fourth-order valence-electron chi connectivity index (χ4n) is 1.89. The molecule has 1 aliphatic carbocycles. The molecule has 0 spiro atoms. The van der Waals surface area contributed by atoms with Gasteiger partial charge in [-0.1, -0.05) is 17.7 Å². The Balaban J connectivity index is 2.34. The van der Waals surface area contributed by atoms with Crippen LogP contribution in [0.5, 0.6) is 0 Å². The summed E-state index contributed by atoms with van der Waals surface area (Å²) in [5.74, 6) is -0.242. The van der Waals surface area contributed by atoms with Gasteiger partial charge < -0.3 is 10.8 Å². The van der Waals surface area contributed by atoms with E-state index in [1.807, 2.05) is 0 Å². The number of aliphatic hydroxyl groups excluding tert-OH is 1. The molecule has 2 atom stereocenters. The predicted octanol–water partition coefficient (Wildman–Crippen LogP) is 2.56. The molecule has 0 bridgehead atoms. The van der Waals surface area contributed by atoms with Gasteiger partial charge >= 0.3 is 0 Å². The van der Waals surface area contributed by atoms with Crippen LogP contribution in [-0.4, -0.2) is 11.2 Å². The molecule has 0 unspecified atom stereocenters. The van der Waals surface area contributed by atoms with Crippen molar-refractivity contribution in [2.45, 2.75) is 31.9 Å². The van der Waals surface area contributed by atoms with Crippen LogP contribution in [0, 0.1) is 18.7 Å². The number of aliphatic hydroxyl groups is 1. The van der Waals surface area contributed by atoms with Crippen LogP contribution in [0.25, 0.3) is 0 Å². The Kier molecular flexibility index (Phi) is 3.19. The molecule has 4 heteroatoms. The Morgan fingerprint density at radius 3 is 2.69 bits per heavy atom. The molecule has 2 nitrogen and oxygen atoms in total. The SMILES string of the molecule is Cc1ccc(F)c([C@@H](N)[C@@H](O)C2CC2)c1Cl. The van der Waals surface area contributed by atoms with Crippen molar-refractivity contribution in [3.8, 4) is 0 Å². The lowest BCUT2D eigenvalue weighted by molar-refractivity contribution is 0.121. The van der Waals surface area contributed by atoms with E-state index in [9.17, 15) is 9.50 Å². The standard InChI is InChI=1S/C12H15ClFNO/c1-6-2-5-8(14)9(10(6)13)11(15)12(16)7-3-4-7/h2,5,7,11-12,16H,3-4,15H2,1H3/t11-,12+/m1/s1. The monoisotopic (exact) mass is 243 g/mol. The van der Waals surface area contributed by atoms with Crippen LogP contribution >= 0.6 is 11.6 Å². The first kappa shape index (κ1) is 11.8. The predicted molar refractivity (Wildman–Crippen MR) is 61.8 cm³/mol. The number of aryl methyl sites for hydroxylation is 1. The molecule has 1 aromatic carbocycles.